The van der Waals surface area contributed by atoms with E-state index in [1.165, 1.54) is 6.07 Å². The van der Waals surface area contributed by atoms with Gasteiger partial charge in [0.1, 0.15) is 0 Å². The Balaban J connectivity index is 2.26. The molecular weight excluding hydrogens is 268 g/mol. The molecule has 0 heterocycles. The lowest BCUT2D eigenvalue weighted by Gasteiger charge is -2.41. The second-order valence-electron chi connectivity index (χ2n) is 7.48. The van der Waals surface area contributed by atoms with Gasteiger partial charge in [0.15, 0.2) is 11.6 Å². The van der Waals surface area contributed by atoms with E-state index in [2.05, 4.69) is 33.0 Å². The summed E-state index contributed by atoms with van der Waals surface area (Å²) in [5.74, 6) is -0.923. The van der Waals surface area contributed by atoms with Gasteiger partial charge in [-0.25, -0.2) is 8.78 Å². The molecule has 2 atom stereocenters. The van der Waals surface area contributed by atoms with Crippen LogP contribution >= 0.6 is 0 Å². The van der Waals surface area contributed by atoms with Crippen molar-refractivity contribution in [2.45, 2.75) is 58.9 Å². The Bertz CT molecular complexity index is 480. The van der Waals surface area contributed by atoms with Crippen LogP contribution in [0.3, 0.4) is 0 Å². The summed E-state index contributed by atoms with van der Waals surface area (Å²) in [6, 6.07) is 5.00. The summed E-state index contributed by atoms with van der Waals surface area (Å²) < 4.78 is 27.8. The van der Waals surface area contributed by atoms with E-state index in [1.54, 1.807) is 12.1 Å². The second-order valence-corrected chi connectivity index (χ2v) is 7.48. The Morgan fingerprint density at radius 1 is 1.29 bits per heavy atom. The summed E-state index contributed by atoms with van der Waals surface area (Å²) in [6.45, 7) is 9.55. The van der Waals surface area contributed by atoms with Gasteiger partial charge in [-0.1, -0.05) is 39.8 Å². The van der Waals surface area contributed by atoms with Crippen molar-refractivity contribution in [2.24, 2.45) is 11.3 Å². The van der Waals surface area contributed by atoms with E-state index < -0.39 is 11.6 Å². The van der Waals surface area contributed by atoms with Crippen molar-refractivity contribution in [1.29, 1.82) is 0 Å². The average Bonchev–Trinajstić information content (AvgIpc) is 2.39. The van der Waals surface area contributed by atoms with Crippen LogP contribution in [0.25, 0.3) is 0 Å². The molecule has 0 spiro atoms. The Kier molecular flexibility index (Phi) is 5.03. The number of nitrogens with one attached hydrogen (secondary N) is 1. The summed E-state index contributed by atoms with van der Waals surface area (Å²) in [6.07, 6.45) is 3.12. The molecule has 1 N–H and O–H groups in total. The van der Waals surface area contributed by atoms with Crippen LogP contribution in [0.1, 0.15) is 58.4 Å². The lowest BCUT2D eigenvalue weighted by Crippen LogP contribution is -2.37. The van der Waals surface area contributed by atoms with E-state index in [4.69, 9.17) is 0 Å². The van der Waals surface area contributed by atoms with Crippen molar-refractivity contribution in [1.82, 2.24) is 5.32 Å². The van der Waals surface area contributed by atoms with Crippen molar-refractivity contribution in [3.8, 4) is 0 Å². The highest BCUT2D eigenvalue weighted by Crippen LogP contribution is 2.47. The molecule has 0 aliphatic heterocycles. The van der Waals surface area contributed by atoms with Crippen LogP contribution in [-0.4, -0.2) is 12.6 Å². The highest BCUT2D eigenvalue weighted by molar-refractivity contribution is 5.25. The minimum absolute atomic E-state index is 0.0932. The molecule has 1 aromatic rings. The molecule has 0 bridgehead atoms. The van der Waals surface area contributed by atoms with Gasteiger partial charge >= 0.3 is 0 Å². The molecule has 3 heteroatoms. The van der Waals surface area contributed by atoms with Gasteiger partial charge in [0.05, 0.1) is 0 Å². The first-order valence-corrected chi connectivity index (χ1v) is 7.97. The van der Waals surface area contributed by atoms with Crippen molar-refractivity contribution < 1.29 is 8.78 Å². The number of benzene rings is 1. The van der Waals surface area contributed by atoms with Crippen LogP contribution in [0.5, 0.6) is 0 Å². The first-order valence-electron chi connectivity index (χ1n) is 7.97. The van der Waals surface area contributed by atoms with Gasteiger partial charge in [-0.15, -0.1) is 0 Å². The van der Waals surface area contributed by atoms with E-state index >= 15 is 0 Å². The summed E-state index contributed by atoms with van der Waals surface area (Å²) in [4.78, 5) is 0. The number of halogens is 2. The zero-order chi connectivity index (χ0) is 15.6. The minimum Gasteiger partial charge on any atom is -0.314 e. The predicted molar refractivity (Wildman–Crippen MR) is 83.4 cm³/mol. The minimum atomic E-state index is -0.730. The highest BCUT2D eigenvalue weighted by Gasteiger charge is 2.37. The molecule has 2 unspecified atom stereocenters. The molecule has 1 aliphatic carbocycles. The lowest BCUT2D eigenvalue weighted by molar-refractivity contribution is 0.155. The second kappa shape index (κ2) is 6.43. The van der Waals surface area contributed by atoms with Crippen molar-refractivity contribution in [3.63, 3.8) is 0 Å². The van der Waals surface area contributed by atoms with Crippen LogP contribution in [0.4, 0.5) is 8.78 Å². The summed E-state index contributed by atoms with van der Waals surface area (Å²) in [5, 5.41) is 3.46. The molecule has 2 rings (SSSR count). The lowest BCUT2D eigenvalue weighted by atomic mass is 9.65. The Morgan fingerprint density at radius 2 is 2.00 bits per heavy atom. The molecule has 21 heavy (non-hydrogen) atoms. The molecule has 118 valence electrons. The van der Waals surface area contributed by atoms with Crippen LogP contribution in [0.15, 0.2) is 18.2 Å². The fraction of sp³-hybridized carbons (Fsp3) is 0.667. The van der Waals surface area contributed by atoms with Gasteiger partial charge in [0, 0.05) is 6.04 Å². The molecule has 1 aliphatic rings. The average molecular weight is 295 g/mol. The van der Waals surface area contributed by atoms with Gasteiger partial charge in [-0.2, -0.15) is 0 Å². The fourth-order valence-electron chi connectivity index (χ4n) is 3.44. The standard InChI is InChI=1S/C18H27F2N/c1-12(2)21-11-13-8-9-18(3,4)10-15(13)14-6-5-7-16(19)17(14)20/h5-7,12-13,15,21H,8-11H2,1-4H3. The number of hydrogen-bond donors (Lipinski definition) is 1. The SMILES string of the molecule is CC(C)NCC1CCC(C)(C)CC1c1cccc(F)c1F. The third kappa shape index (κ3) is 4.03. The van der Waals surface area contributed by atoms with E-state index in [0.717, 1.165) is 25.8 Å². The molecule has 1 aromatic carbocycles. The van der Waals surface area contributed by atoms with Gasteiger partial charge in [0.25, 0.3) is 0 Å². The third-order valence-electron chi connectivity index (χ3n) is 4.70. The molecule has 1 fully saturated rings. The third-order valence-corrected chi connectivity index (χ3v) is 4.70. The number of rotatable bonds is 4. The van der Waals surface area contributed by atoms with E-state index in [1.807, 2.05) is 0 Å². The van der Waals surface area contributed by atoms with Crippen LogP contribution in [0, 0.1) is 23.0 Å². The first-order chi connectivity index (χ1) is 9.80. The molecule has 0 radical (unpaired) electrons. The Hall–Kier alpha value is -0.960. The fourth-order valence-corrected chi connectivity index (χ4v) is 3.44. The molecule has 0 amide bonds. The normalized spacial score (nSPS) is 25.3. The largest absolute Gasteiger partial charge is 0.314 e. The summed E-state index contributed by atoms with van der Waals surface area (Å²) >= 11 is 0. The molecule has 0 saturated heterocycles. The van der Waals surface area contributed by atoms with Gasteiger partial charge in [0.2, 0.25) is 0 Å². The van der Waals surface area contributed by atoms with Crippen LogP contribution < -0.4 is 5.32 Å². The summed E-state index contributed by atoms with van der Waals surface area (Å²) in [5.41, 5.74) is 0.746. The highest BCUT2D eigenvalue weighted by atomic mass is 19.2. The van der Waals surface area contributed by atoms with Crippen molar-refractivity contribution >= 4 is 0 Å². The first kappa shape index (κ1) is 16.4. The zero-order valence-corrected chi connectivity index (χ0v) is 13.5. The maximum absolute atomic E-state index is 14.2. The number of hydrogen-bond acceptors (Lipinski definition) is 1. The van der Waals surface area contributed by atoms with Gasteiger partial charge < -0.3 is 5.32 Å². The van der Waals surface area contributed by atoms with Crippen molar-refractivity contribution in [2.75, 3.05) is 6.54 Å². The molecule has 1 nitrogen and oxygen atoms in total. The quantitative estimate of drug-likeness (QED) is 0.835. The van der Waals surface area contributed by atoms with Crippen LogP contribution in [0.2, 0.25) is 0 Å². The van der Waals surface area contributed by atoms with Gasteiger partial charge in [-0.05, 0) is 54.7 Å². The van der Waals surface area contributed by atoms with E-state index in [-0.39, 0.29) is 11.3 Å². The Labute approximate surface area is 127 Å². The molecule has 0 aromatic heterocycles. The maximum atomic E-state index is 14.2. The Morgan fingerprint density at radius 3 is 2.67 bits per heavy atom. The molecule has 1 saturated carbocycles. The smallest absolute Gasteiger partial charge is 0.162 e. The topological polar surface area (TPSA) is 12.0 Å². The van der Waals surface area contributed by atoms with E-state index in [9.17, 15) is 8.78 Å². The molecular formula is C18H27F2N. The van der Waals surface area contributed by atoms with Gasteiger partial charge in [-0.3, -0.25) is 0 Å². The van der Waals surface area contributed by atoms with Crippen molar-refractivity contribution in [3.05, 3.63) is 35.4 Å². The summed E-state index contributed by atoms with van der Waals surface area (Å²) in [7, 11) is 0. The van der Waals surface area contributed by atoms with Crippen LogP contribution in [-0.2, 0) is 0 Å². The van der Waals surface area contributed by atoms with E-state index in [0.29, 0.717) is 17.5 Å². The monoisotopic (exact) mass is 295 g/mol. The zero-order valence-electron chi connectivity index (χ0n) is 13.5. The predicted octanol–water partition coefficient (Wildman–Crippen LogP) is 4.87. The maximum Gasteiger partial charge on any atom is 0.162 e.